The molecular formula is C32H35F2NO3. The molecule has 0 unspecified atom stereocenters. The van der Waals surface area contributed by atoms with Gasteiger partial charge in [0.1, 0.15) is 5.82 Å². The molecule has 0 radical (unpaired) electrons. The second-order valence-corrected chi connectivity index (χ2v) is 10.8. The quantitative estimate of drug-likeness (QED) is 0.409. The lowest BCUT2D eigenvalue weighted by Crippen LogP contribution is -2.26. The SMILES string of the molecule is Cc1c(-c2c(C)c3c(c(C)c2[C@H](C)C(=O)O)CCN(Cc2cccc(F)c2)CC3)cc(F)c2c1CCCO2. The van der Waals surface area contributed by atoms with E-state index in [-0.39, 0.29) is 11.6 Å². The van der Waals surface area contributed by atoms with E-state index >= 15 is 4.39 Å². The van der Waals surface area contributed by atoms with Gasteiger partial charge in [-0.25, -0.2) is 8.78 Å². The van der Waals surface area contributed by atoms with E-state index in [0.717, 1.165) is 83.3 Å². The molecule has 0 saturated heterocycles. The van der Waals surface area contributed by atoms with Crippen LogP contribution in [-0.2, 0) is 30.6 Å². The van der Waals surface area contributed by atoms with Gasteiger partial charge in [-0.05, 0) is 122 Å². The average Bonchev–Trinajstić information content (AvgIpc) is 3.11. The van der Waals surface area contributed by atoms with Crippen molar-refractivity contribution in [2.75, 3.05) is 19.7 Å². The number of nitrogens with zero attached hydrogens (tertiary/aromatic N) is 1. The van der Waals surface area contributed by atoms with Gasteiger partial charge in [0.25, 0.3) is 0 Å². The van der Waals surface area contributed by atoms with E-state index in [1.807, 2.05) is 19.9 Å². The van der Waals surface area contributed by atoms with E-state index in [0.29, 0.717) is 18.9 Å². The van der Waals surface area contributed by atoms with Crippen molar-refractivity contribution in [2.24, 2.45) is 0 Å². The minimum atomic E-state index is -0.894. The van der Waals surface area contributed by atoms with E-state index in [1.54, 1.807) is 25.1 Å². The standard InChI is InChI=1S/C32H35F2NO3/c1-18-26-9-6-14-38-31(26)28(34)16-27(18)30-20(3)25-11-13-35(17-22-7-5-8-23(33)15-22)12-10-24(25)19(2)29(30)21(4)32(36)37/h5,7-8,15-16,21H,6,9-14,17H2,1-4H3,(H,36,37)/t21-/m0/s1. The molecule has 6 heteroatoms. The van der Waals surface area contributed by atoms with E-state index in [2.05, 4.69) is 11.8 Å². The van der Waals surface area contributed by atoms with Crippen LogP contribution < -0.4 is 4.74 Å². The Morgan fingerprint density at radius 3 is 2.39 bits per heavy atom. The minimum absolute atomic E-state index is 0.234. The third kappa shape index (κ3) is 4.71. The van der Waals surface area contributed by atoms with Gasteiger partial charge in [-0.3, -0.25) is 9.69 Å². The molecule has 0 aliphatic carbocycles. The largest absolute Gasteiger partial charge is 0.490 e. The third-order valence-corrected chi connectivity index (χ3v) is 8.48. The van der Waals surface area contributed by atoms with Gasteiger partial charge in [0.2, 0.25) is 0 Å². The normalized spacial score (nSPS) is 16.3. The number of carboxylic acid groups (broad SMARTS) is 1. The molecule has 0 spiro atoms. The van der Waals surface area contributed by atoms with Crippen molar-refractivity contribution in [3.8, 4) is 16.9 Å². The molecule has 4 nitrogen and oxygen atoms in total. The van der Waals surface area contributed by atoms with Crippen LogP contribution in [0.15, 0.2) is 30.3 Å². The number of aliphatic carboxylic acids is 1. The highest BCUT2D eigenvalue weighted by Gasteiger charge is 2.30. The van der Waals surface area contributed by atoms with Crippen molar-refractivity contribution < 1.29 is 23.4 Å². The molecule has 2 heterocycles. The fourth-order valence-corrected chi connectivity index (χ4v) is 6.46. The summed E-state index contributed by atoms with van der Waals surface area (Å²) in [5.74, 6) is -1.92. The Morgan fingerprint density at radius 2 is 1.71 bits per heavy atom. The van der Waals surface area contributed by atoms with Crippen LogP contribution in [0.1, 0.15) is 63.8 Å². The number of benzene rings is 3. The van der Waals surface area contributed by atoms with Crippen LogP contribution in [-0.4, -0.2) is 35.7 Å². The highest BCUT2D eigenvalue weighted by molar-refractivity contribution is 5.86. The first-order chi connectivity index (χ1) is 18.2. The zero-order valence-electron chi connectivity index (χ0n) is 22.6. The lowest BCUT2D eigenvalue weighted by atomic mass is 9.77. The molecular weight excluding hydrogens is 484 g/mol. The molecule has 5 rings (SSSR count). The summed E-state index contributed by atoms with van der Waals surface area (Å²) in [6, 6.07) is 8.26. The number of hydrogen-bond donors (Lipinski definition) is 1. The summed E-state index contributed by atoms with van der Waals surface area (Å²) in [4.78, 5) is 14.6. The molecule has 0 fully saturated rings. The van der Waals surface area contributed by atoms with Crippen LogP contribution in [0.25, 0.3) is 11.1 Å². The first kappa shape index (κ1) is 26.4. The summed E-state index contributed by atoms with van der Waals surface area (Å²) in [7, 11) is 0. The van der Waals surface area contributed by atoms with E-state index in [4.69, 9.17) is 4.74 Å². The molecule has 1 atom stereocenters. The van der Waals surface area contributed by atoms with Crippen LogP contribution in [0.2, 0.25) is 0 Å². The summed E-state index contributed by atoms with van der Waals surface area (Å²) < 4.78 is 34.8. The van der Waals surface area contributed by atoms with E-state index in [1.165, 1.54) is 17.2 Å². The van der Waals surface area contributed by atoms with Gasteiger partial charge in [0.05, 0.1) is 12.5 Å². The van der Waals surface area contributed by atoms with Crippen molar-refractivity contribution in [1.29, 1.82) is 0 Å². The highest BCUT2D eigenvalue weighted by Crippen LogP contribution is 2.44. The molecule has 2 aliphatic rings. The lowest BCUT2D eigenvalue weighted by molar-refractivity contribution is -0.138. The Morgan fingerprint density at radius 1 is 1.00 bits per heavy atom. The van der Waals surface area contributed by atoms with Crippen molar-refractivity contribution in [1.82, 2.24) is 4.90 Å². The second kappa shape index (κ2) is 10.5. The Kier molecular flexibility index (Phi) is 7.28. The first-order valence-electron chi connectivity index (χ1n) is 13.5. The van der Waals surface area contributed by atoms with Crippen LogP contribution in [0.3, 0.4) is 0 Å². The van der Waals surface area contributed by atoms with Gasteiger partial charge in [-0.15, -0.1) is 0 Å². The smallest absolute Gasteiger partial charge is 0.310 e. The number of carbonyl (C=O) groups is 1. The van der Waals surface area contributed by atoms with Crippen LogP contribution >= 0.6 is 0 Å². The maximum atomic E-state index is 15.3. The molecule has 0 amide bonds. The number of carboxylic acids is 1. The van der Waals surface area contributed by atoms with Gasteiger partial charge in [-0.1, -0.05) is 12.1 Å². The highest BCUT2D eigenvalue weighted by atomic mass is 19.1. The second-order valence-electron chi connectivity index (χ2n) is 10.8. The third-order valence-electron chi connectivity index (χ3n) is 8.48. The Labute approximate surface area is 223 Å². The minimum Gasteiger partial charge on any atom is -0.490 e. The van der Waals surface area contributed by atoms with E-state index in [9.17, 15) is 14.3 Å². The van der Waals surface area contributed by atoms with Crippen LogP contribution in [0, 0.1) is 32.4 Å². The molecule has 38 heavy (non-hydrogen) atoms. The average molecular weight is 520 g/mol. The fraction of sp³-hybridized carbons (Fsp3) is 0.406. The zero-order valence-corrected chi connectivity index (χ0v) is 22.6. The monoisotopic (exact) mass is 519 g/mol. The number of halogens is 2. The predicted molar refractivity (Wildman–Crippen MR) is 145 cm³/mol. The molecule has 0 bridgehead atoms. The number of rotatable bonds is 5. The summed E-state index contributed by atoms with van der Waals surface area (Å²) in [5, 5.41) is 10.1. The Hall–Kier alpha value is -3.25. The number of ether oxygens (including phenoxy) is 1. The summed E-state index contributed by atoms with van der Waals surface area (Å²) in [6.45, 7) is 10.6. The predicted octanol–water partition coefficient (Wildman–Crippen LogP) is 6.67. The molecule has 3 aromatic rings. The topological polar surface area (TPSA) is 49.8 Å². The van der Waals surface area contributed by atoms with Gasteiger partial charge in [-0.2, -0.15) is 0 Å². The number of hydrogen-bond acceptors (Lipinski definition) is 3. The van der Waals surface area contributed by atoms with Gasteiger partial charge >= 0.3 is 5.97 Å². The fourth-order valence-electron chi connectivity index (χ4n) is 6.46. The van der Waals surface area contributed by atoms with Crippen molar-refractivity contribution in [2.45, 2.75) is 65.8 Å². The van der Waals surface area contributed by atoms with Crippen molar-refractivity contribution in [3.05, 3.63) is 86.5 Å². The first-order valence-corrected chi connectivity index (χ1v) is 13.5. The van der Waals surface area contributed by atoms with Crippen LogP contribution in [0.5, 0.6) is 5.75 Å². The van der Waals surface area contributed by atoms with E-state index < -0.39 is 11.9 Å². The van der Waals surface area contributed by atoms with Crippen molar-refractivity contribution >= 4 is 5.97 Å². The lowest BCUT2D eigenvalue weighted by Gasteiger charge is -2.28. The summed E-state index contributed by atoms with van der Waals surface area (Å²) >= 11 is 0. The van der Waals surface area contributed by atoms with Crippen molar-refractivity contribution in [3.63, 3.8) is 0 Å². The Balaban J connectivity index is 1.63. The molecule has 0 aromatic heterocycles. The molecule has 200 valence electrons. The maximum absolute atomic E-state index is 15.3. The molecule has 3 aromatic carbocycles. The zero-order chi connectivity index (χ0) is 27.1. The molecule has 2 aliphatic heterocycles. The molecule has 1 N–H and O–H groups in total. The van der Waals surface area contributed by atoms with Gasteiger partial charge in [0, 0.05) is 25.2 Å². The molecule has 0 saturated carbocycles. The Bertz CT molecular complexity index is 1410. The van der Waals surface area contributed by atoms with Gasteiger partial charge in [0.15, 0.2) is 11.6 Å². The maximum Gasteiger partial charge on any atom is 0.310 e. The van der Waals surface area contributed by atoms with Gasteiger partial charge < -0.3 is 9.84 Å². The number of fused-ring (bicyclic) bond motifs is 2. The van der Waals surface area contributed by atoms with Crippen LogP contribution in [0.4, 0.5) is 8.78 Å². The summed E-state index contributed by atoms with van der Waals surface area (Å²) in [5.41, 5.74) is 9.58. The summed E-state index contributed by atoms with van der Waals surface area (Å²) in [6.07, 6.45) is 3.15.